The average molecular weight is 367 g/mol. The molecule has 0 saturated carbocycles. The molecule has 24 heavy (non-hydrogen) atoms. The fourth-order valence-corrected chi connectivity index (χ4v) is 3.24. The lowest BCUT2D eigenvalue weighted by Crippen LogP contribution is -2.15. The van der Waals surface area contributed by atoms with Gasteiger partial charge in [0, 0.05) is 4.88 Å². The van der Waals surface area contributed by atoms with E-state index in [4.69, 9.17) is 16.3 Å². The molecule has 0 aliphatic heterocycles. The van der Waals surface area contributed by atoms with E-state index in [-0.39, 0.29) is 5.97 Å². The lowest BCUT2D eigenvalue weighted by Gasteiger charge is -2.08. The Bertz CT molecular complexity index is 596. The number of halogens is 1. The highest BCUT2D eigenvalue weighted by Crippen LogP contribution is 2.18. The van der Waals surface area contributed by atoms with Gasteiger partial charge in [-0.25, -0.2) is 0 Å². The number of carbonyl (C=O) groups excluding carboxylic acids is 1. The van der Waals surface area contributed by atoms with Crippen LogP contribution in [0.2, 0.25) is 0 Å². The van der Waals surface area contributed by atoms with E-state index in [9.17, 15) is 4.79 Å². The van der Waals surface area contributed by atoms with E-state index >= 15 is 0 Å². The zero-order chi connectivity index (χ0) is 17.2. The molecule has 3 nitrogen and oxygen atoms in total. The summed E-state index contributed by atoms with van der Waals surface area (Å²) >= 11 is 7.63. The van der Waals surface area contributed by atoms with Gasteiger partial charge in [0.05, 0.1) is 7.11 Å². The van der Waals surface area contributed by atoms with Crippen molar-refractivity contribution in [3.05, 3.63) is 52.2 Å². The smallest absolute Gasteiger partial charge is 0.323 e. The summed E-state index contributed by atoms with van der Waals surface area (Å²) in [5.74, 6) is 0.560. The number of alkyl halides is 1. The van der Waals surface area contributed by atoms with Crippen LogP contribution in [0.15, 0.2) is 41.8 Å². The highest BCUT2D eigenvalue weighted by molar-refractivity contribution is 7.09. The standard InChI is InChI=1S/C19H23ClO3S/c1-22-19(21)18(20)8-4-2-3-6-15-9-11-16(12-10-15)23-14-17-7-5-13-24-17/h5,7,9-13,18H,2-4,6,8,14H2,1H3. The lowest BCUT2D eigenvalue weighted by atomic mass is 10.1. The maximum Gasteiger partial charge on any atom is 0.323 e. The molecule has 0 N–H and O–H groups in total. The van der Waals surface area contributed by atoms with E-state index in [1.807, 2.05) is 18.2 Å². The van der Waals surface area contributed by atoms with E-state index in [1.165, 1.54) is 17.6 Å². The Balaban J connectivity index is 1.62. The van der Waals surface area contributed by atoms with Crippen molar-refractivity contribution in [2.24, 2.45) is 0 Å². The first-order valence-electron chi connectivity index (χ1n) is 8.15. The summed E-state index contributed by atoms with van der Waals surface area (Å²) in [6.07, 6.45) is 4.77. The summed E-state index contributed by atoms with van der Waals surface area (Å²) in [6, 6.07) is 12.4. The topological polar surface area (TPSA) is 35.5 Å². The van der Waals surface area contributed by atoms with Gasteiger partial charge in [-0.2, -0.15) is 0 Å². The number of rotatable bonds is 10. The van der Waals surface area contributed by atoms with Gasteiger partial charge in [-0.05, 0) is 48.4 Å². The molecule has 0 aliphatic carbocycles. The molecule has 0 saturated heterocycles. The van der Waals surface area contributed by atoms with Crippen LogP contribution in [-0.4, -0.2) is 18.5 Å². The normalized spacial score (nSPS) is 11.9. The number of unbranched alkanes of at least 4 members (excludes halogenated alkanes) is 2. The van der Waals surface area contributed by atoms with Gasteiger partial charge in [-0.15, -0.1) is 22.9 Å². The molecular weight excluding hydrogens is 344 g/mol. The number of esters is 1. The van der Waals surface area contributed by atoms with Crippen LogP contribution in [-0.2, 0) is 22.6 Å². The molecule has 1 unspecified atom stereocenters. The Kier molecular flexibility index (Phi) is 8.13. The number of aryl methyl sites for hydroxylation is 1. The molecule has 1 aromatic heterocycles. The van der Waals surface area contributed by atoms with Crippen LogP contribution in [0.3, 0.4) is 0 Å². The van der Waals surface area contributed by atoms with E-state index < -0.39 is 5.38 Å². The van der Waals surface area contributed by atoms with Crippen LogP contribution in [0.1, 0.15) is 36.1 Å². The molecule has 0 radical (unpaired) electrons. The van der Waals surface area contributed by atoms with E-state index in [2.05, 4.69) is 28.3 Å². The summed E-state index contributed by atoms with van der Waals surface area (Å²) in [5.41, 5.74) is 1.30. The summed E-state index contributed by atoms with van der Waals surface area (Å²) < 4.78 is 10.4. The molecule has 0 aliphatic rings. The van der Waals surface area contributed by atoms with Gasteiger partial charge < -0.3 is 9.47 Å². The predicted octanol–water partition coefficient (Wildman–Crippen LogP) is 5.21. The van der Waals surface area contributed by atoms with Gasteiger partial charge in [0.1, 0.15) is 17.7 Å². The second-order valence-electron chi connectivity index (χ2n) is 5.60. The SMILES string of the molecule is COC(=O)C(Cl)CCCCCc1ccc(OCc2cccs2)cc1. The van der Waals surface area contributed by atoms with E-state index in [1.54, 1.807) is 11.3 Å². The Morgan fingerprint density at radius 3 is 2.62 bits per heavy atom. The number of thiophene rings is 1. The minimum absolute atomic E-state index is 0.338. The van der Waals surface area contributed by atoms with Gasteiger partial charge >= 0.3 is 5.97 Å². The van der Waals surface area contributed by atoms with Crippen molar-refractivity contribution in [2.45, 2.75) is 44.1 Å². The summed E-state index contributed by atoms with van der Waals surface area (Å²) in [4.78, 5) is 12.4. The third kappa shape index (κ3) is 6.54. The minimum Gasteiger partial charge on any atom is -0.488 e. The van der Waals surface area contributed by atoms with Gasteiger partial charge in [0.25, 0.3) is 0 Å². The monoisotopic (exact) mass is 366 g/mol. The first kappa shape index (κ1) is 18.8. The second-order valence-corrected chi connectivity index (χ2v) is 7.16. The first-order chi connectivity index (χ1) is 11.7. The number of benzene rings is 1. The minimum atomic E-state index is -0.519. The third-order valence-corrected chi connectivity index (χ3v) is 5.01. The zero-order valence-corrected chi connectivity index (χ0v) is 15.4. The predicted molar refractivity (Wildman–Crippen MR) is 98.9 cm³/mol. The molecule has 5 heteroatoms. The van der Waals surface area contributed by atoms with Crippen molar-refractivity contribution in [2.75, 3.05) is 7.11 Å². The Morgan fingerprint density at radius 2 is 1.96 bits per heavy atom. The van der Waals surface area contributed by atoms with Crippen molar-refractivity contribution in [3.63, 3.8) is 0 Å². The summed E-state index contributed by atoms with van der Waals surface area (Å²) in [5, 5.41) is 1.54. The molecule has 0 fully saturated rings. The molecule has 0 spiro atoms. The zero-order valence-electron chi connectivity index (χ0n) is 13.9. The molecular formula is C19H23ClO3S. The fourth-order valence-electron chi connectivity index (χ4n) is 2.38. The maximum atomic E-state index is 11.2. The molecule has 2 rings (SSSR count). The number of carbonyl (C=O) groups is 1. The Labute approximate surface area is 152 Å². The van der Waals surface area contributed by atoms with Crippen molar-refractivity contribution in [1.82, 2.24) is 0 Å². The molecule has 1 atom stereocenters. The maximum absolute atomic E-state index is 11.2. The fraction of sp³-hybridized carbons (Fsp3) is 0.421. The number of hydrogen-bond acceptors (Lipinski definition) is 4. The third-order valence-electron chi connectivity index (χ3n) is 3.76. The first-order valence-corrected chi connectivity index (χ1v) is 9.46. The van der Waals surface area contributed by atoms with Crippen LogP contribution in [0.25, 0.3) is 0 Å². The van der Waals surface area contributed by atoms with Crippen LogP contribution < -0.4 is 4.74 Å². The molecule has 0 amide bonds. The molecule has 1 heterocycles. The largest absolute Gasteiger partial charge is 0.488 e. The Morgan fingerprint density at radius 1 is 1.17 bits per heavy atom. The van der Waals surface area contributed by atoms with Crippen LogP contribution >= 0.6 is 22.9 Å². The van der Waals surface area contributed by atoms with Crippen molar-refractivity contribution < 1.29 is 14.3 Å². The molecule has 130 valence electrons. The number of ether oxygens (including phenoxy) is 2. The number of methoxy groups -OCH3 is 1. The average Bonchev–Trinajstić information content (AvgIpc) is 3.13. The van der Waals surface area contributed by atoms with Crippen molar-refractivity contribution in [1.29, 1.82) is 0 Å². The Hall–Kier alpha value is -1.52. The number of hydrogen-bond donors (Lipinski definition) is 0. The highest BCUT2D eigenvalue weighted by atomic mass is 35.5. The van der Waals surface area contributed by atoms with Crippen LogP contribution in [0.5, 0.6) is 5.75 Å². The van der Waals surface area contributed by atoms with Gasteiger partial charge in [-0.1, -0.05) is 31.0 Å². The molecule has 0 bridgehead atoms. The van der Waals surface area contributed by atoms with Gasteiger partial charge in [0.15, 0.2) is 0 Å². The quantitative estimate of drug-likeness (QED) is 0.329. The second kappa shape index (κ2) is 10.4. The summed E-state index contributed by atoms with van der Waals surface area (Å²) in [7, 11) is 1.37. The van der Waals surface area contributed by atoms with E-state index in [0.29, 0.717) is 13.0 Å². The van der Waals surface area contributed by atoms with Crippen LogP contribution in [0.4, 0.5) is 0 Å². The highest BCUT2D eigenvalue weighted by Gasteiger charge is 2.14. The van der Waals surface area contributed by atoms with Crippen molar-refractivity contribution >= 4 is 28.9 Å². The molecule has 2 aromatic rings. The van der Waals surface area contributed by atoms with Gasteiger partial charge in [0.2, 0.25) is 0 Å². The molecule has 1 aromatic carbocycles. The van der Waals surface area contributed by atoms with Crippen LogP contribution in [0, 0.1) is 0 Å². The summed E-state index contributed by atoms with van der Waals surface area (Å²) in [6.45, 7) is 0.622. The van der Waals surface area contributed by atoms with Gasteiger partial charge in [-0.3, -0.25) is 4.79 Å². The van der Waals surface area contributed by atoms with E-state index in [0.717, 1.165) is 31.4 Å². The lowest BCUT2D eigenvalue weighted by molar-refractivity contribution is -0.140. The van der Waals surface area contributed by atoms with Crippen molar-refractivity contribution in [3.8, 4) is 5.75 Å².